The van der Waals surface area contributed by atoms with Crippen LogP contribution >= 0.6 is 0 Å². The number of unbranched alkanes of at least 4 members (excludes halogenated alkanes) is 7. The van der Waals surface area contributed by atoms with Crippen LogP contribution in [0.2, 0.25) is 0 Å². The maximum atomic E-state index is 10.4. The topological polar surface area (TPSA) is 37.3 Å². The van der Waals surface area contributed by atoms with Gasteiger partial charge in [0.1, 0.15) is 0 Å². The Hall–Kier alpha value is -1.57. The summed E-state index contributed by atoms with van der Waals surface area (Å²) < 4.78 is 0. The largest absolute Gasteiger partial charge is 0.481 e. The van der Waals surface area contributed by atoms with Gasteiger partial charge in [0.2, 0.25) is 0 Å². The third-order valence-corrected chi connectivity index (χ3v) is 4.54. The lowest BCUT2D eigenvalue weighted by atomic mass is 9.98. The van der Waals surface area contributed by atoms with Crippen molar-refractivity contribution in [1.82, 2.24) is 0 Å². The number of carboxylic acid groups (broad SMARTS) is 1. The highest BCUT2D eigenvalue weighted by molar-refractivity contribution is 5.66. The van der Waals surface area contributed by atoms with Crippen molar-refractivity contribution in [3.63, 3.8) is 0 Å². The summed E-state index contributed by atoms with van der Waals surface area (Å²) in [6.45, 7) is 4.53. The number of hydrogen-bond donors (Lipinski definition) is 1. The summed E-state index contributed by atoms with van der Waals surface area (Å²) in [6.07, 6.45) is 30.5. The molecular weight excluding hydrogens is 320 g/mol. The van der Waals surface area contributed by atoms with E-state index < -0.39 is 5.97 Å². The van der Waals surface area contributed by atoms with E-state index >= 15 is 0 Å². The van der Waals surface area contributed by atoms with Gasteiger partial charge in [0.05, 0.1) is 0 Å². The predicted octanol–water partition coefficient (Wildman–Crippen LogP) is 7.63. The lowest BCUT2D eigenvalue weighted by Crippen LogP contribution is -1.93. The lowest BCUT2D eigenvalue weighted by molar-refractivity contribution is -0.137. The third kappa shape index (κ3) is 18.8. The molecule has 0 rings (SSSR count). The number of aliphatic carboxylic acids is 1. The molecule has 148 valence electrons. The van der Waals surface area contributed by atoms with Crippen LogP contribution in [0.5, 0.6) is 0 Å². The van der Waals surface area contributed by atoms with E-state index in [4.69, 9.17) is 5.11 Å². The number of hydrogen-bond acceptors (Lipinski definition) is 1. The zero-order valence-corrected chi connectivity index (χ0v) is 17.0. The van der Waals surface area contributed by atoms with Gasteiger partial charge in [-0.1, -0.05) is 101 Å². The minimum Gasteiger partial charge on any atom is -0.481 e. The molecule has 0 radical (unpaired) electrons. The SMILES string of the molecule is CCCCCCC(C=CC=CC=CC=CCCCCCCC(=O)O)CC. The van der Waals surface area contributed by atoms with Gasteiger partial charge in [-0.2, -0.15) is 0 Å². The van der Waals surface area contributed by atoms with Gasteiger partial charge in [-0.05, 0) is 38.0 Å². The molecule has 0 aliphatic rings. The summed E-state index contributed by atoms with van der Waals surface area (Å²) in [5.74, 6) is 0.0333. The van der Waals surface area contributed by atoms with Crippen molar-refractivity contribution in [1.29, 1.82) is 0 Å². The maximum Gasteiger partial charge on any atom is 0.303 e. The Kier molecular flexibility index (Phi) is 18.6. The predicted molar refractivity (Wildman–Crippen MR) is 114 cm³/mol. The van der Waals surface area contributed by atoms with Crippen LogP contribution in [0.15, 0.2) is 48.6 Å². The van der Waals surface area contributed by atoms with Crippen molar-refractivity contribution in [2.75, 3.05) is 0 Å². The lowest BCUT2D eigenvalue weighted by Gasteiger charge is -2.08. The molecular formula is C24H40O2. The fourth-order valence-corrected chi connectivity index (χ4v) is 2.81. The van der Waals surface area contributed by atoms with E-state index in [1.807, 2.05) is 0 Å². The molecule has 0 aromatic rings. The molecule has 1 atom stereocenters. The van der Waals surface area contributed by atoms with Gasteiger partial charge in [0, 0.05) is 6.42 Å². The van der Waals surface area contributed by atoms with Crippen molar-refractivity contribution >= 4 is 5.97 Å². The molecule has 0 saturated heterocycles. The van der Waals surface area contributed by atoms with E-state index in [1.54, 1.807) is 0 Å². The first kappa shape index (κ1) is 24.4. The highest BCUT2D eigenvalue weighted by Crippen LogP contribution is 2.15. The number of carbonyl (C=O) groups is 1. The molecule has 0 aromatic carbocycles. The van der Waals surface area contributed by atoms with E-state index in [-0.39, 0.29) is 0 Å². The van der Waals surface area contributed by atoms with E-state index in [0.717, 1.165) is 38.0 Å². The Labute approximate surface area is 161 Å². The van der Waals surface area contributed by atoms with E-state index in [0.29, 0.717) is 6.42 Å². The molecule has 0 aromatic heterocycles. The van der Waals surface area contributed by atoms with Crippen molar-refractivity contribution in [3.05, 3.63) is 48.6 Å². The second-order valence-corrected chi connectivity index (χ2v) is 6.95. The summed E-state index contributed by atoms with van der Waals surface area (Å²) in [5.41, 5.74) is 0. The third-order valence-electron chi connectivity index (χ3n) is 4.54. The normalized spacial score (nSPS) is 13.6. The smallest absolute Gasteiger partial charge is 0.303 e. The number of allylic oxidation sites excluding steroid dienone is 8. The zero-order valence-electron chi connectivity index (χ0n) is 17.0. The summed E-state index contributed by atoms with van der Waals surface area (Å²) in [4.78, 5) is 10.4. The molecule has 26 heavy (non-hydrogen) atoms. The molecule has 0 bridgehead atoms. The van der Waals surface area contributed by atoms with Crippen molar-refractivity contribution < 1.29 is 9.90 Å². The molecule has 0 aliphatic heterocycles. The Morgan fingerprint density at radius 3 is 2.15 bits per heavy atom. The first-order valence-corrected chi connectivity index (χ1v) is 10.6. The molecule has 0 saturated carbocycles. The van der Waals surface area contributed by atoms with Gasteiger partial charge in [-0.3, -0.25) is 4.79 Å². The van der Waals surface area contributed by atoms with Crippen LogP contribution in [0.3, 0.4) is 0 Å². The fraction of sp³-hybridized carbons (Fsp3) is 0.625. The van der Waals surface area contributed by atoms with E-state index in [2.05, 4.69) is 62.5 Å². The summed E-state index contributed by atoms with van der Waals surface area (Å²) in [7, 11) is 0. The standard InChI is InChI=1S/C24H40O2/c1-3-5-6-17-20-23(4-2)21-18-15-13-11-9-7-8-10-12-14-16-19-22-24(25)26/h7-9,11,13,15,18,21,23H,3-6,10,12,14,16-17,19-20,22H2,1-2H3,(H,25,26). The summed E-state index contributed by atoms with van der Waals surface area (Å²) in [5, 5.41) is 8.55. The Balaban J connectivity index is 3.70. The molecule has 2 heteroatoms. The van der Waals surface area contributed by atoms with Crippen LogP contribution in [-0.2, 0) is 4.79 Å². The highest BCUT2D eigenvalue weighted by Gasteiger charge is 2.00. The molecule has 0 fully saturated rings. The Morgan fingerprint density at radius 1 is 0.808 bits per heavy atom. The highest BCUT2D eigenvalue weighted by atomic mass is 16.4. The van der Waals surface area contributed by atoms with Gasteiger partial charge in [0.15, 0.2) is 0 Å². The Morgan fingerprint density at radius 2 is 1.46 bits per heavy atom. The second kappa shape index (κ2) is 19.8. The molecule has 1 N–H and O–H groups in total. The Bertz CT molecular complexity index is 429. The summed E-state index contributed by atoms with van der Waals surface area (Å²) >= 11 is 0. The van der Waals surface area contributed by atoms with Crippen LogP contribution in [0, 0.1) is 5.92 Å². The first-order valence-electron chi connectivity index (χ1n) is 10.6. The average Bonchev–Trinajstić information content (AvgIpc) is 2.63. The number of carboxylic acids is 1. The van der Waals surface area contributed by atoms with Crippen LogP contribution in [0.1, 0.15) is 90.9 Å². The van der Waals surface area contributed by atoms with Crippen LogP contribution in [-0.4, -0.2) is 11.1 Å². The van der Waals surface area contributed by atoms with Crippen LogP contribution < -0.4 is 0 Å². The molecule has 0 spiro atoms. The minimum absolute atomic E-state index is 0.303. The van der Waals surface area contributed by atoms with Crippen molar-refractivity contribution in [2.24, 2.45) is 5.92 Å². The minimum atomic E-state index is -0.685. The molecule has 0 amide bonds. The van der Waals surface area contributed by atoms with Gasteiger partial charge in [-0.25, -0.2) is 0 Å². The molecule has 2 nitrogen and oxygen atoms in total. The van der Waals surface area contributed by atoms with Gasteiger partial charge < -0.3 is 5.11 Å². The van der Waals surface area contributed by atoms with Crippen molar-refractivity contribution in [3.8, 4) is 0 Å². The first-order chi connectivity index (χ1) is 12.7. The second-order valence-electron chi connectivity index (χ2n) is 6.95. The summed E-state index contributed by atoms with van der Waals surface area (Å²) in [6, 6.07) is 0. The van der Waals surface area contributed by atoms with Crippen LogP contribution in [0.25, 0.3) is 0 Å². The zero-order chi connectivity index (χ0) is 19.3. The van der Waals surface area contributed by atoms with Crippen LogP contribution in [0.4, 0.5) is 0 Å². The number of rotatable bonds is 17. The van der Waals surface area contributed by atoms with Crippen molar-refractivity contribution in [2.45, 2.75) is 90.9 Å². The maximum absolute atomic E-state index is 10.4. The molecule has 0 aliphatic carbocycles. The quantitative estimate of drug-likeness (QED) is 0.214. The van der Waals surface area contributed by atoms with Gasteiger partial charge in [-0.15, -0.1) is 0 Å². The average molecular weight is 361 g/mol. The fourth-order valence-electron chi connectivity index (χ4n) is 2.81. The van der Waals surface area contributed by atoms with E-state index in [9.17, 15) is 4.79 Å². The van der Waals surface area contributed by atoms with Gasteiger partial charge >= 0.3 is 5.97 Å². The molecule has 1 unspecified atom stereocenters. The monoisotopic (exact) mass is 360 g/mol. The van der Waals surface area contributed by atoms with Gasteiger partial charge in [0.25, 0.3) is 0 Å². The molecule has 0 heterocycles. The van der Waals surface area contributed by atoms with E-state index in [1.165, 1.54) is 38.5 Å².